The van der Waals surface area contributed by atoms with Crippen molar-refractivity contribution in [3.05, 3.63) is 0 Å². The van der Waals surface area contributed by atoms with Crippen LogP contribution in [0.2, 0.25) is 0 Å². The van der Waals surface area contributed by atoms with Crippen LogP contribution < -0.4 is 10.5 Å². The van der Waals surface area contributed by atoms with Crippen LogP contribution in [-0.2, 0) is 19.9 Å². The Morgan fingerprint density at radius 3 is 2.26 bits per heavy atom. The molecule has 0 aromatic rings. The summed E-state index contributed by atoms with van der Waals surface area (Å²) in [7, 11) is -6.78. The maximum Gasteiger partial charge on any atom is 0.215 e. The molecule has 0 amide bonds. The van der Waals surface area contributed by atoms with Gasteiger partial charge >= 0.3 is 0 Å². The lowest BCUT2D eigenvalue weighted by Gasteiger charge is -2.31. The standard InChI is InChI=1S/C10H21N3O4S2/c1-3-10(2,9(11)12)13-19(16,17)8-4-6-18(14,15)7-5-8/h8,13H,3-7H2,1-2H3,(H3,11,12). The van der Waals surface area contributed by atoms with Crippen molar-refractivity contribution in [3.8, 4) is 0 Å². The third-order valence-electron chi connectivity index (χ3n) is 3.61. The normalized spacial score (nSPS) is 23.7. The molecule has 0 aromatic heterocycles. The molecule has 9 heteroatoms. The van der Waals surface area contributed by atoms with Gasteiger partial charge in [0.25, 0.3) is 0 Å². The molecule has 1 saturated heterocycles. The maximum atomic E-state index is 12.2. The van der Waals surface area contributed by atoms with E-state index in [1.165, 1.54) is 0 Å². The predicted octanol–water partition coefficient (Wildman–Crippen LogP) is -0.412. The SMILES string of the molecule is CCC(C)(NS(=O)(=O)C1CCS(=O)(=O)CC1)C(=N)N. The first-order valence-corrected chi connectivity index (χ1v) is 9.47. The minimum atomic E-state index is -3.68. The van der Waals surface area contributed by atoms with Crippen molar-refractivity contribution in [1.29, 1.82) is 5.41 Å². The van der Waals surface area contributed by atoms with E-state index in [1.807, 2.05) is 0 Å². The Kier molecular flexibility index (Phi) is 4.63. The zero-order valence-corrected chi connectivity index (χ0v) is 12.8. The van der Waals surface area contributed by atoms with Crippen LogP contribution in [0.1, 0.15) is 33.1 Å². The molecule has 1 heterocycles. The Hall–Kier alpha value is -0.670. The van der Waals surface area contributed by atoms with Gasteiger partial charge < -0.3 is 5.73 Å². The van der Waals surface area contributed by atoms with Crippen LogP contribution in [0.25, 0.3) is 0 Å². The minimum Gasteiger partial charge on any atom is -0.386 e. The monoisotopic (exact) mass is 311 g/mol. The Balaban J connectivity index is 2.86. The van der Waals surface area contributed by atoms with E-state index in [-0.39, 0.29) is 30.2 Å². The smallest absolute Gasteiger partial charge is 0.215 e. The molecule has 0 spiro atoms. The Morgan fingerprint density at radius 1 is 1.42 bits per heavy atom. The molecule has 1 fully saturated rings. The van der Waals surface area contributed by atoms with Gasteiger partial charge in [-0.05, 0) is 26.2 Å². The van der Waals surface area contributed by atoms with Gasteiger partial charge in [0.2, 0.25) is 10.0 Å². The molecule has 1 rings (SSSR count). The molecule has 112 valence electrons. The Bertz CT molecular complexity index is 541. The molecule has 0 bridgehead atoms. The fourth-order valence-corrected chi connectivity index (χ4v) is 5.59. The number of hydrogen-bond donors (Lipinski definition) is 3. The molecule has 7 nitrogen and oxygen atoms in total. The van der Waals surface area contributed by atoms with E-state index in [9.17, 15) is 16.8 Å². The molecule has 1 aliphatic rings. The van der Waals surface area contributed by atoms with Crippen LogP contribution in [0.3, 0.4) is 0 Å². The van der Waals surface area contributed by atoms with Crippen molar-refractivity contribution >= 4 is 25.7 Å². The Labute approximate surface area is 114 Å². The summed E-state index contributed by atoms with van der Waals surface area (Å²) in [6, 6.07) is 0. The largest absolute Gasteiger partial charge is 0.386 e. The van der Waals surface area contributed by atoms with E-state index in [0.717, 1.165) is 0 Å². The molecule has 0 radical (unpaired) electrons. The summed E-state index contributed by atoms with van der Waals surface area (Å²) >= 11 is 0. The molecule has 0 saturated carbocycles. The van der Waals surface area contributed by atoms with Crippen LogP contribution in [0.5, 0.6) is 0 Å². The second-order valence-electron chi connectivity index (χ2n) is 5.10. The highest BCUT2D eigenvalue weighted by atomic mass is 32.2. The molecule has 1 aliphatic heterocycles. The highest BCUT2D eigenvalue weighted by Crippen LogP contribution is 2.21. The summed E-state index contributed by atoms with van der Waals surface area (Å²) in [5, 5.41) is 6.73. The van der Waals surface area contributed by atoms with Crippen LogP contribution in [0.4, 0.5) is 0 Å². The van der Waals surface area contributed by atoms with E-state index in [0.29, 0.717) is 6.42 Å². The zero-order chi connectivity index (χ0) is 14.9. The Morgan fingerprint density at radius 2 is 1.89 bits per heavy atom. The fourth-order valence-electron chi connectivity index (χ4n) is 1.89. The molecular formula is C10H21N3O4S2. The van der Waals surface area contributed by atoms with Crippen molar-refractivity contribution in [1.82, 2.24) is 4.72 Å². The number of hydrogen-bond acceptors (Lipinski definition) is 5. The average molecular weight is 311 g/mol. The van der Waals surface area contributed by atoms with Gasteiger partial charge in [0, 0.05) is 0 Å². The summed E-state index contributed by atoms with van der Waals surface area (Å²) in [6.45, 7) is 3.28. The van der Waals surface area contributed by atoms with E-state index in [2.05, 4.69) is 4.72 Å². The number of nitrogens with one attached hydrogen (secondary N) is 2. The van der Waals surface area contributed by atoms with Gasteiger partial charge in [0.05, 0.1) is 22.3 Å². The van der Waals surface area contributed by atoms with Crippen LogP contribution in [-0.4, -0.2) is 45.0 Å². The van der Waals surface area contributed by atoms with Gasteiger partial charge in [0.15, 0.2) is 0 Å². The molecule has 1 atom stereocenters. The molecule has 4 N–H and O–H groups in total. The third-order valence-corrected chi connectivity index (χ3v) is 7.41. The van der Waals surface area contributed by atoms with Crippen LogP contribution in [0.15, 0.2) is 0 Å². The lowest BCUT2D eigenvalue weighted by molar-refractivity contribution is 0.490. The fraction of sp³-hybridized carbons (Fsp3) is 0.900. The predicted molar refractivity (Wildman–Crippen MR) is 74.3 cm³/mol. The summed E-state index contributed by atoms with van der Waals surface area (Å²) < 4.78 is 49.5. The molecule has 19 heavy (non-hydrogen) atoms. The highest BCUT2D eigenvalue weighted by Gasteiger charge is 2.38. The lowest BCUT2D eigenvalue weighted by Crippen LogP contribution is -2.57. The first kappa shape index (κ1) is 16.4. The van der Waals surface area contributed by atoms with Crippen LogP contribution >= 0.6 is 0 Å². The third kappa shape index (κ3) is 3.90. The average Bonchev–Trinajstić information content (AvgIpc) is 2.27. The molecule has 0 aromatic carbocycles. The minimum absolute atomic E-state index is 0.0926. The molecule has 1 unspecified atom stereocenters. The summed E-state index contributed by atoms with van der Waals surface area (Å²) in [4.78, 5) is 0. The van der Waals surface area contributed by atoms with Crippen molar-refractivity contribution < 1.29 is 16.8 Å². The van der Waals surface area contributed by atoms with Gasteiger partial charge in [-0.3, -0.25) is 5.41 Å². The maximum absolute atomic E-state index is 12.2. The van der Waals surface area contributed by atoms with Gasteiger partial charge in [-0.25, -0.2) is 21.6 Å². The van der Waals surface area contributed by atoms with Gasteiger partial charge in [0.1, 0.15) is 15.7 Å². The molecule has 0 aliphatic carbocycles. The second-order valence-corrected chi connectivity index (χ2v) is 9.36. The highest BCUT2D eigenvalue weighted by molar-refractivity contribution is 7.92. The number of sulfone groups is 1. The topological polar surface area (TPSA) is 130 Å². The summed E-state index contributed by atoms with van der Waals surface area (Å²) in [6.07, 6.45) is 0.539. The first-order valence-electron chi connectivity index (χ1n) is 6.10. The number of amidine groups is 1. The summed E-state index contributed by atoms with van der Waals surface area (Å²) in [5.41, 5.74) is 4.31. The van der Waals surface area contributed by atoms with Crippen molar-refractivity contribution in [2.45, 2.75) is 43.9 Å². The van der Waals surface area contributed by atoms with Gasteiger partial charge in [-0.15, -0.1) is 0 Å². The number of rotatable bonds is 5. The number of nitrogens with two attached hydrogens (primary N) is 1. The van der Waals surface area contributed by atoms with E-state index in [4.69, 9.17) is 11.1 Å². The lowest BCUT2D eigenvalue weighted by atomic mass is 10.00. The number of sulfonamides is 1. The van der Waals surface area contributed by atoms with E-state index >= 15 is 0 Å². The van der Waals surface area contributed by atoms with Crippen molar-refractivity contribution in [2.75, 3.05) is 11.5 Å². The molecular weight excluding hydrogens is 290 g/mol. The summed E-state index contributed by atoms with van der Waals surface area (Å²) in [5.74, 6) is -0.467. The van der Waals surface area contributed by atoms with Gasteiger partial charge in [-0.1, -0.05) is 6.92 Å². The zero-order valence-electron chi connectivity index (χ0n) is 11.1. The van der Waals surface area contributed by atoms with Crippen molar-refractivity contribution in [3.63, 3.8) is 0 Å². The first-order chi connectivity index (χ1) is 8.52. The van der Waals surface area contributed by atoms with E-state index in [1.54, 1.807) is 13.8 Å². The van der Waals surface area contributed by atoms with Crippen molar-refractivity contribution in [2.24, 2.45) is 5.73 Å². The quantitative estimate of drug-likeness (QED) is 0.469. The second kappa shape index (κ2) is 5.37. The van der Waals surface area contributed by atoms with E-state index < -0.39 is 30.6 Å². The van der Waals surface area contributed by atoms with Crippen LogP contribution in [0, 0.1) is 5.41 Å². The van der Waals surface area contributed by atoms with Gasteiger partial charge in [-0.2, -0.15) is 0 Å².